The van der Waals surface area contributed by atoms with E-state index in [9.17, 15) is 4.79 Å². The SMILES string of the molecule is Cc1cnc([C@H](NC(=O)C2CCC(n3cccc3)CC2)C2CC2)s1. The molecule has 4 rings (SSSR count). The summed E-state index contributed by atoms with van der Waals surface area (Å²) in [5.74, 6) is 1.00. The van der Waals surface area contributed by atoms with Crippen LogP contribution in [-0.4, -0.2) is 15.5 Å². The number of nitrogens with one attached hydrogen (secondary N) is 1. The highest BCUT2D eigenvalue weighted by Gasteiger charge is 2.37. The Morgan fingerprint density at radius 1 is 1.21 bits per heavy atom. The zero-order valence-corrected chi connectivity index (χ0v) is 15.0. The highest BCUT2D eigenvalue weighted by Crippen LogP contribution is 2.42. The molecule has 1 N–H and O–H groups in total. The maximum Gasteiger partial charge on any atom is 0.223 e. The summed E-state index contributed by atoms with van der Waals surface area (Å²) in [7, 11) is 0. The number of carbonyl (C=O) groups is 1. The first-order chi connectivity index (χ1) is 11.7. The van der Waals surface area contributed by atoms with Gasteiger partial charge in [0.15, 0.2) is 0 Å². The lowest BCUT2D eigenvalue weighted by atomic mass is 9.85. The second-order valence-electron chi connectivity index (χ2n) is 7.27. The highest BCUT2D eigenvalue weighted by molar-refractivity contribution is 7.11. The van der Waals surface area contributed by atoms with Gasteiger partial charge in [-0.3, -0.25) is 4.79 Å². The Bertz CT molecular complexity index is 681. The molecule has 0 saturated heterocycles. The Morgan fingerprint density at radius 2 is 1.92 bits per heavy atom. The molecular formula is C19H25N3OS. The number of amides is 1. The normalized spacial score (nSPS) is 25.4. The van der Waals surface area contributed by atoms with Crippen molar-refractivity contribution in [1.29, 1.82) is 0 Å². The van der Waals surface area contributed by atoms with Crippen molar-refractivity contribution in [1.82, 2.24) is 14.9 Å². The van der Waals surface area contributed by atoms with Crippen LogP contribution in [0.5, 0.6) is 0 Å². The largest absolute Gasteiger partial charge is 0.351 e. The van der Waals surface area contributed by atoms with Gasteiger partial charge in [-0.25, -0.2) is 4.98 Å². The van der Waals surface area contributed by atoms with Gasteiger partial charge in [0, 0.05) is 35.4 Å². The number of thiazole rings is 1. The lowest BCUT2D eigenvalue weighted by Crippen LogP contribution is -2.36. The molecule has 2 aliphatic rings. The monoisotopic (exact) mass is 343 g/mol. The van der Waals surface area contributed by atoms with E-state index in [1.165, 1.54) is 17.7 Å². The van der Waals surface area contributed by atoms with Crippen LogP contribution >= 0.6 is 11.3 Å². The lowest BCUT2D eigenvalue weighted by molar-refractivity contribution is -0.127. The van der Waals surface area contributed by atoms with Crippen molar-refractivity contribution < 1.29 is 4.79 Å². The van der Waals surface area contributed by atoms with Gasteiger partial charge in [0.1, 0.15) is 5.01 Å². The second-order valence-corrected chi connectivity index (χ2v) is 8.53. The van der Waals surface area contributed by atoms with E-state index < -0.39 is 0 Å². The first-order valence-corrected chi connectivity index (χ1v) is 9.87. The number of carbonyl (C=O) groups excluding carboxylic acids is 1. The van der Waals surface area contributed by atoms with E-state index >= 15 is 0 Å². The van der Waals surface area contributed by atoms with Crippen LogP contribution in [0.4, 0.5) is 0 Å². The van der Waals surface area contributed by atoms with Crippen molar-refractivity contribution >= 4 is 17.2 Å². The van der Waals surface area contributed by atoms with E-state index in [4.69, 9.17) is 0 Å². The van der Waals surface area contributed by atoms with Gasteiger partial charge in [-0.05, 0) is 63.5 Å². The summed E-state index contributed by atoms with van der Waals surface area (Å²) in [4.78, 5) is 18.5. The predicted octanol–water partition coefficient (Wildman–Crippen LogP) is 4.25. The number of aromatic nitrogens is 2. The number of aryl methyl sites for hydroxylation is 1. The molecule has 2 fully saturated rings. The van der Waals surface area contributed by atoms with Gasteiger partial charge in [0.05, 0.1) is 6.04 Å². The van der Waals surface area contributed by atoms with E-state index in [0.29, 0.717) is 12.0 Å². The maximum absolute atomic E-state index is 12.8. The molecule has 1 atom stereocenters. The average molecular weight is 343 g/mol. The summed E-state index contributed by atoms with van der Waals surface area (Å²) in [5, 5.41) is 4.42. The summed E-state index contributed by atoms with van der Waals surface area (Å²) in [6.45, 7) is 2.08. The van der Waals surface area contributed by atoms with Crippen LogP contribution < -0.4 is 5.32 Å². The molecule has 128 valence electrons. The van der Waals surface area contributed by atoms with Gasteiger partial charge in [-0.1, -0.05) is 0 Å². The third-order valence-corrected chi connectivity index (χ3v) is 6.41. The molecule has 0 radical (unpaired) electrons. The van der Waals surface area contributed by atoms with E-state index in [-0.39, 0.29) is 17.9 Å². The molecule has 0 aliphatic heterocycles. The molecule has 2 heterocycles. The Labute approximate surface area is 147 Å². The maximum atomic E-state index is 12.8. The third kappa shape index (κ3) is 3.41. The van der Waals surface area contributed by atoms with Crippen molar-refractivity contribution in [3.63, 3.8) is 0 Å². The molecule has 2 aromatic heterocycles. The number of hydrogen-bond donors (Lipinski definition) is 1. The van der Waals surface area contributed by atoms with Gasteiger partial charge in [-0.2, -0.15) is 0 Å². The average Bonchev–Trinajstić information content (AvgIpc) is 3.10. The lowest BCUT2D eigenvalue weighted by Gasteiger charge is -2.30. The van der Waals surface area contributed by atoms with E-state index in [1.54, 1.807) is 11.3 Å². The summed E-state index contributed by atoms with van der Waals surface area (Å²) in [6.07, 6.45) is 12.8. The van der Waals surface area contributed by atoms with Crippen molar-refractivity contribution in [2.75, 3.05) is 0 Å². The van der Waals surface area contributed by atoms with Crippen molar-refractivity contribution in [2.24, 2.45) is 11.8 Å². The molecule has 2 saturated carbocycles. The van der Waals surface area contributed by atoms with Gasteiger partial charge in [0.25, 0.3) is 0 Å². The van der Waals surface area contributed by atoms with Crippen LogP contribution in [0.2, 0.25) is 0 Å². The van der Waals surface area contributed by atoms with Crippen LogP contribution in [0.3, 0.4) is 0 Å². The molecule has 0 spiro atoms. The summed E-state index contributed by atoms with van der Waals surface area (Å²) < 4.78 is 2.29. The topological polar surface area (TPSA) is 46.9 Å². The van der Waals surface area contributed by atoms with Crippen molar-refractivity contribution in [3.05, 3.63) is 40.6 Å². The predicted molar refractivity (Wildman–Crippen MR) is 95.9 cm³/mol. The fraction of sp³-hybridized carbons (Fsp3) is 0.579. The molecular weight excluding hydrogens is 318 g/mol. The Kier molecular flexibility index (Phi) is 4.44. The minimum absolute atomic E-state index is 0.137. The number of nitrogens with zero attached hydrogens (tertiary/aromatic N) is 2. The second kappa shape index (κ2) is 6.71. The molecule has 24 heavy (non-hydrogen) atoms. The summed E-state index contributed by atoms with van der Waals surface area (Å²) >= 11 is 1.72. The van der Waals surface area contributed by atoms with Crippen LogP contribution in [-0.2, 0) is 4.79 Å². The Balaban J connectivity index is 1.36. The minimum atomic E-state index is 0.137. The number of hydrogen-bond acceptors (Lipinski definition) is 3. The minimum Gasteiger partial charge on any atom is -0.351 e. The number of rotatable bonds is 5. The molecule has 2 aromatic rings. The molecule has 0 bridgehead atoms. The first-order valence-electron chi connectivity index (χ1n) is 9.06. The third-order valence-electron chi connectivity index (χ3n) is 5.41. The van der Waals surface area contributed by atoms with E-state index in [0.717, 1.165) is 30.7 Å². The van der Waals surface area contributed by atoms with E-state index in [2.05, 4.69) is 46.3 Å². The fourth-order valence-corrected chi connectivity index (χ4v) is 4.74. The molecule has 1 amide bonds. The van der Waals surface area contributed by atoms with Crippen LogP contribution in [0, 0.1) is 18.8 Å². The van der Waals surface area contributed by atoms with Crippen LogP contribution in [0.15, 0.2) is 30.7 Å². The Hall–Kier alpha value is -1.62. The first kappa shape index (κ1) is 15.9. The fourth-order valence-electron chi connectivity index (χ4n) is 3.83. The van der Waals surface area contributed by atoms with Crippen LogP contribution in [0.25, 0.3) is 0 Å². The van der Waals surface area contributed by atoms with Gasteiger partial charge >= 0.3 is 0 Å². The molecule has 0 unspecified atom stereocenters. The summed E-state index contributed by atoms with van der Waals surface area (Å²) in [6, 6.07) is 4.85. The van der Waals surface area contributed by atoms with Crippen molar-refractivity contribution in [2.45, 2.75) is 57.5 Å². The highest BCUT2D eigenvalue weighted by atomic mass is 32.1. The zero-order chi connectivity index (χ0) is 16.5. The molecule has 4 nitrogen and oxygen atoms in total. The molecule has 0 aromatic carbocycles. The zero-order valence-electron chi connectivity index (χ0n) is 14.1. The summed E-state index contributed by atoms with van der Waals surface area (Å²) in [5.41, 5.74) is 0. The van der Waals surface area contributed by atoms with Gasteiger partial charge in [0.2, 0.25) is 5.91 Å². The molecule has 5 heteroatoms. The Morgan fingerprint density at radius 3 is 2.50 bits per heavy atom. The van der Waals surface area contributed by atoms with Gasteiger partial charge < -0.3 is 9.88 Å². The quantitative estimate of drug-likeness (QED) is 0.882. The van der Waals surface area contributed by atoms with Crippen molar-refractivity contribution in [3.8, 4) is 0 Å². The van der Waals surface area contributed by atoms with Crippen LogP contribution in [0.1, 0.15) is 60.5 Å². The standard InChI is InChI=1S/C19H25N3OS/c1-13-12-20-19(24-13)17(14-4-5-14)21-18(23)15-6-8-16(9-7-15)22-10-2-3-11-22/h2-3,10-12,14-17H,4-9H2,1H3,(H,21,23)/t15?,16?,17-/m1/s1. The molecule has 2 aliphatic carbocycles. The van der Waals surface area contributed by atoms with E-state index in [1.807, 2.05) is 6.20 Å². The van der Waals surface area contributed by atoms with Gasteiger partial charge in [-0.15, -0.1) is 11.3 Å². The smallest absolute Gasteiger partial charge is 0.223 e.